The van der Waals surface area contributed by atoms with Crippen molar-refractivity contribution in [1.29, 1.82) is 0 Å². The normalized spacial score (nSPS) is 26.5. The van der Waals surface area contributed by atoms with Gasteiger partial charge in [0.05, 0.1) is 16.7 Å². The molecule has 1 aliphatic rings. The molecule has 0 saturated carbocycles. The van der Waals surface area contributed by atoms with E-state index in [1.165, 1.54) is 0 Å². The zero-order valence-electron chi connectivity index (χ0n) is 11.8. The summed E-state index contributed by atoms with van der Waals surface area (Å²) >= 11 is 9.57. The Kier molecular flexibility index (Phi) is 5.73. The monoisotopic (exact) mass is 360 g/mol. The van der Waals surface area contributed by atoms with Gasteiger partial charge < -0.3 is 15.8 Å². The van der Waals surface area contributed by atoms with Crippen molar-refractivity contribution in [2.75, 3.05) is 18.5 Å². The van der Waals surface area contributed by atoms with Gasteiger partial charge in [-0.25, -0.2) is 0 Å². The molecular formula is C15H22BrClN2O. The molecule has 0 amide bonds. The number of anilines is 1. The lowest BCUT2D eigenvalue weighted by Crippen LogP contribution is -2.52. The van der Waals surface area contributed by atoms with Crippen molar-refractivity contribution in [2.24, 2.45) is 5.73 Å². The lowest BCUT2D eigenvalue weighted by Gasteiger charge is -2.41. The van der Waals surface area contributed by atoms with E-state index < -0.39 is 0 Å². The maximum atomic E-state index is 6.16. The van der Waals surface area contributed by atoms with Gasteiger partial charge in [-0.1, -0.05) is 24.9 Å². The summed E-state index contributed by atoms with van der Waals surface area (Å²) in [4.78, 5) is 0. The van der Waals surface area contributed by atoms with E-state index in [9.17, 15) is 0 Å². The third-order valence-corrected chi connectivity index (χ3v) is 5.12. The van der Waals surface area contributed by atoms with Crippen LogP contribution in [0.1, 0.15) is 32.6 Å². The summed E-state index contributed by atoms with van der Waals surface area (Å²) in [5.41, 5.74) is 6.98. The van der Waals surface area contributed by atoms with Gasteiger partial charge in [-0.3, -0.25) is 0 Å². The largest absolute Gasteiger partial charge is 0.378 e. The Morgan fingerprint density at radius 1 is 1.55 bits per heavy atom. The highest BCUT2D eigenvalue weighted by Gasteiger charge is 2.35. The minimum absolute atomic E-state index is 0.0881. The first-order valence-corrected chi connectivity index (χ1v) is 8.30. The number of nitrogens with two attached hydrogens (primary N) is 1. The molecule has 1 heterocycles. The molecule has 0 aliphatic carbocycles. The predicted molar refractivity (Wildman–Crippen MR) is 88.4 cm³/mol. The SMILES string of the molecule is CCCC1CC(CN)(Nc2ccc(Br)c(Cl)c2)CCO1. The molecule has 2 rings (SSSR count). The molecule has 1 aliphatic heterocycles. The fourth-order valence-corrected chi connectivity index (χ4v) is 3.18. The van der Waals surface area contributed by atoms with Crippen LogP contribution in [0.4, 0.5) is 5.69 Å². The molecule has 2 unspecified atom stereocenters. The third kappa shape index (κ3) is 3.88. The first-order chi connectivity index (χ1) is 9.58. The van der Waals surface area contributed by atoms with Crippen molar-refractivity contribution in [3.8, 4) is 0 Å². The van der Waals surface area contributed by atoms with Crippen molar-refractivity contribution in [3.63, 3.8) is 0 Å². The van der Waals surface area contributed by atoms with Crippen LogP contribution in [0.2, 0.25) is 5.02 Å². The molecule has 2 atom stereocenters. The molecule has 20 heavy (non-hydrogen) atoms. The summed E-state index contributed by atoms with van der Waals surface area (Å²) in [6.45, 7) is 3.55. The molecule has 0 aromatic heterocycles. The second-order valence-corrected chi connectivity index (χ2v) is 6.74. The fourth-order valence-electron chi connectivity index (χ4n) is 2.76. The van der Waals surface area contributed by atoms with Crippen molar-refractivity contribution < 1.29 is 4.74 Å². The molecule has 3 N–H and O–H groups in total. The zero-order valence-corrected chi connectivity index (χ0v) is 14.1. The minimum Gasteiger partial charge on any atom is -0.378 e. The molecule has 1 saturated heterocycles. The number of nitrogens with one attached hydrogen (secondary N) is 1. The molecule has 1 fully saturated rings. The number of hydrogen-bond donors (Lipinski definition) is 2. The molecule has 0 bridgehead atoms. The standard InChI is InChI=1S/C15H22BrClN2O/c1-2-3-12-9-15(10-18,6-7-20-12)19-11-4-5-13(16)14(17)8-11/h4-5,8,12,19H,2-3,6-7,9-10,18H2,1H3. The Bertz CT molecular complexity index is 455. The van der Waals surface area contributed by atoms with E-state index in [1.807, 2.05) is 18.2 Å². The van der Waals surface area contributed by atoms with E-state index in [2.05, 4.69) is 28.2 Å². The van der Waals surface area contributed by atoms with E-state index in [-0.39, 0.29) is 5.54 Å². The number of ether oxygens (including phenoxy) is 1. The number of benzene rings is 1. The van der Waals surface area contributed by atoms with E-state index >= 15 is 0 Å². The van der Waals surface area contributed by atoms with Crippen LogP contribution in [0, 0.1) is 0 Å². The fraction of sp³-hybridized carbons (Fsp3) is 0.600. The van der Waals surface area contributed by atoms with Crippen LogP contribution < -0.4 is 11.1 Å². The summed E-state index contributed by atoms with van der Waals surface area (Å²) in [5.74, 6) is 0. The van der Waals surface area contributed by atoms with Crippen LogP contribution in [0.5, 0.6) is 0 Å². The van der Waals surface area contributed by atoms with Crippen LogP contribution in [0.15, 0.2) is 22.7 Å². The quantitative estimate of drug-likeness (QED) is 0.826. The van der Waals surface area contributed by atoms with Gasteiger partial charge in [0.2, 0.25) is 0 Å². The van der Waals surface area contributed by atoms with Gasteiger partial charge in [0.15, 0.2) is 0 Å². The maximum Gasteiger partial charge on any atom is 0.0597 e. The highest BCUT2D eigenvalue weighted by Crippen LogP contribution is 2.32. The van der Waals surface area contributed by atoms with E-state index in [0.717, 1.165) is 42.5 Å². The second-order valence-electron chi connectivity index (χ2n) is 5.47. The van der Waals surface area contributed by atoms with Crippen molar-refractivity contribution in [1.82, 2.24) is 0 Å². The molecule has 0 spiro atoms. The second kappa shape index (κ2) is 7.12. The summed E-state index contributed by atoms with van der Waals surface area (Å²) in [5, 5.41) is 4.30. The molecule has 3 nitrogen and oxygen atoms in total. The Hall–Kier alpha value is -0.290. The topological polar surface area (TPSA) is 47.3 Å². The Balaban J connectivity index is 2.12. The Morgan fingerprint density at radius 3 is 3.00 bits per heavy atom. The summed E-state index contributed by atoms with van der Waals surface area (Å²) in [6.07, 6.45) is 4.40. The van der Waals surface area contributed by atoms with Gasteiger partial charge in [-0.15, -0.1) is 0 Å². The van der Waals surface area contributed by atoms with Crippen LogP contribution in [0.3, 0.4) is 0 Å². The Morgan fingerprint density at radius 2 is 2.35 bits per heavy atom. The highest BCUT2D eigenvalue weighted by atomic mass is 79.9. The van der Waals surface area contributed by atoms with E-state index in [0.29, 0.717) is 17.7 Å². The average Bonchev–Trinajstić information content (AvgIpc) is 2.44. The van der Waals surface area contributed by atoms with E-state index in [4.69, 9.17) is 22.1 Å². The summed E-state index contributed by atoms with van der Waals surface area (Å²) in [6, 6.07) is 5.92. The summed E-state index contributed by atoms with van der Waals surface area (Å²) in [7, 11) is 0. The van der Waals surface area contributed by atoms with Gasteiger partial charge in [-0.2, -0.15) is 0 Å². The highest BCUT2D eigenvalue weighted by molar-refractivity contribution is 9.10. The van der Waals surface area contributed by atoms with E-state index in [1.54, 1.807) is 0 Å². The van der Waals surface area contributed by atoms with Gasteiger partial charge in [-0.05, 0) is 53.4 Å². The van der Waals surface area contributed by atoms with Crippen LogP contribution in [0.25, 0.3) is 0 Å². The molecular weight excluding hydrogens is 340 g/mol. The molecule has 112 valence electrons. The lowest BCUT2D eigenvalue weighted by molar-refractivity contribution is -0.0155. The number of rotatable bonds is 5. The molecule has 5 heteroatoms. The molecule has 1 aromatic carbocycles. The molecule has 1 aromatic rings. The minimum atomic E-state index is -0.0881. The zero-order chi connectivity index (χ0) is 14.6. The van der Waals surface area contributed by atoms with Crippen molar-refractivity contribution >= 4 is 33.2 Å². The predicted octanol–water partition coefficient (Wildman–Crippen LogP) is 4.19. The average molecular weight is 362 g/mol. The van der Waals surface area contributed by atoms with Crippen LogP contribution in [-0.2, 0) is 4.74 Å². The Labute approximate surface area is 134 Å². The number of hydrogen-bond acceptors (Lipinski definition) is 3. The van der Waals surface area contributed by atoms with Crippen molar-refractivity contribution in [2.45, 2.75) is 44.2 Å². The van der Waals surface area contributed by atoms with Crippen molar-refractivity contribution in [3.05, 3.63) is 27.7 Å². The molecule has 0 radical (unpaired) electrons. The van der Waals surface area contributed by atoms with Crippen LogP contribution in [-0.4, -0.2) is 24.8 Å². The lowest BCUT2D eigenvalue weighted by atomic mass is 9.85. The van der Waals surface area contributed by atoms with Gasteiger partial charge in [0.1, 0.15) is 0 Å². The maximum absolute atomic E-state index is 6.16. The first-order valence-electron chi connectivity index (χ1n) is 7.13. The van der Waals surface area contributed by atoms with Gasteiger partial charge in [0, 0.05) is 23.3 Å². The summed E-state index contributed by atoms with van der Waals surface area (Å²) < 4.78 is 6.73. The smallest absolute Gasteiger partial charge is 0.0597 e. The van der Waals surface area contributed by atoms with Crippen LogP contribution >= 0.6 is 27.5 Å². The first kappa shape index (κ1) is 16.1. The van der Waals surface area contributed by atoms with Gasteiger partial charge in [0.25, 0.3) is 0 Å². The number of halogens is 2. The van der Waals surface area contributed by atoms with Gasteiger partial charge >= 0.3 is 0 Å². The third-order valence-electron chi connectivity index (χ3n) is 3.88.